The van der Waals surface area contributed by atoms with Crippen LogP contribution < -0.4 is 10.6 Å². The average Bonchev–Trinajstić information content (AvgIpc) is 3.51. The van der Waals surface area contributed by atoms with Crippen LogP contribution in [-0.4, -0.2) is 52.5 Å². The molecule has 3 amide bonds. The molecule has 2 saturated heterocycles. The number of carbonyl (C=O) groups is 3. The van der Waals surface area contributed by atoms with E-state index in [1.54, 1.807) is 4.90 Å². The van der Waals surface area contributed by atoms with Crippen molar-refractivity contribution in [2.75, 3.05) is 5.32 Å². The molecule has 7 nitrogen and oxygen atoms in total. The predicted molar refractivity (Wildman–Crippen MR) is 143 cm³/mol. The minimum Gasteiger partial charge on any atom is -0.359 e. The molecule has 2 N–H and O–H groups in total. The summed E-state index contributed by atoms with van der Waals surface area (Å²) in [6.45, 7) is 12.5. The summed E-state index contributed by atoms with van der Waals surface area (Å²) in [4.78, 5) is 43.3. The molecule has 0 aromatic heterocycles. The summed E-state index contributed by atoms with van der Waals surface area (Å²) >= 11 is 0. The number of nitrogens with zero attached hydrogens (tertiary/aromatic N) is 1. The molecule has 3 heterocycles. The first-order chi connectivity index (χ1) is 17.6. The lowest BCUT2D eigenvalue weighted by Crippen LogP contribution is -2.59. The van der Waals surface area contributed by atoms with Gasteiger partial charge in [0.05, 0.1) is 17.9 Å². The number of hydrogen-bond acceptors (Lipinski definition) is 4. The van der Waals surface area contributed by atoms with Crippen LogP contribution in [0.4, 0.5) is 5.69 Å². The topological polar surface area (TPSA) is 87.7 Å². The van der Waals surface area contributed by atoms with Gasteiger partial charge in [-0.2, -0.15) is 0 Å². The van der Waals surface area contributed by atoms with Crippen LogP contribution in [0.3, 0.4) is 0 Å². The number of amides is 3. The summed E-state index contributed by atoms with van der Waals surface area (Å²) in [6, 6.07) is 4.94. The highest BCUT2D eigenvalue weighted by Crippen LogP contribution is 2.56. The van der Waals surface area contributed by atoms with Crippen LogP contribution in [0.2, 0.25) is 0 Å². The smallest absolute Gasteiger partial charge is 0.246 e. The highest BCUT2D eigenvalue weighted by molar-refractivity contribution is 6.03. The largest absolute Gasteiger partial charge is 0.359 e. The molecule has 1 aromatic rings. The number of likely N-dealkylation sites (tertiary alicyclic amines) is 1. The first-order valence-electron chi connectivity index (χ1n) is 14.0. The van der Waals surface area contributed by atoms with E-state index >= 15 is 0 Å². The molecule has 1 aliphatic carbocycles. The second-order valence-electron chi connectivity index (χ2n) is 11.9. The number of aryl methyl sites for hydroxylation is 2. The average molecular weight is 508 g/mol. The second-order valence-corrected chi connectivity index (χ2v) is 11.9. The normalized spacial score (nSPS) is 37.0. The summed E-state index contributed by atoms with van der Waals surface area (Å²) in [5.41, 5.74) is 1.81. The molecule has 3 fully saturated rings. The van der Waals surface area contributed by atoms with Crippen molar-refractivity contribution >= 4 is 23.4 Å². The molecule has 200 valence electrons. The fraction of sp³-hybridized carbons (Fsp3) is 0.633. The minimum atomic E-state index is -1.12. The predicted octanol–water partition coefficient (Wildman–Crippen LogP) is 4.13. The Morgan fingerprint density at radius 1 is 1.16 bits per heavy atom. The number of nitrogens with one attached hydrogen (secondary N) is 2. The molecule has 7 heteroatoms. The van der Waals surface area contributed by atoms with Crippen molar-refractivity contribution in [3.8, 4) is 0 Å². The molecule has 1 spiro atoms. The number of benzene rings is 1. The molecule has 2 bridgehead atoms. The zero-order valence-corrected chi connectivity index (χ0v) is 22.9. The van der Waals surface area contributed by atoms with Crippen molar-refractivity contribution in [3.63, 3.8) is 0 Å². The van der Waals surface area contributed by atoms with E-state index in [0.29, 0.717) is 23.9 Å². The summed E-state index contributed by atoms with van der Waals surface area (Å²) in [7, 11) is 0. The molecule has 9 atom stereocenters. The highest BCUT2D eigenvalue weighted by atomic mass is 16.5. The van der Waals surface area contributed by atoms with Gasteiger partial charge in [-0.25, -0.2) is 0 Å². The van der Waals surface area contributed by atoms with Gasteiger partial charge in [-0.05, 0) is 68.7 Å². The van der Waals surface area contributed by atoms with Gasteiger partial charge in [-0.1, -0.05) is 51.8 Å². The molecule has 0 unspecified atom stereocenters. The Bertz CT molecular complexity index is 1130. The van der Waals surface area contributed by atoms with Crippen LogP contribution in [0.5, 0.6) is 0 Å². The van der Waals surface area contributed by atoms with Crippen LogP contribution in [-0.2, 0) is 19.1 Å². The van der Waals surface area contributed by atoms with Crippen molar-refractivity contribution in [1.82, 2.24) is 10.2 Å². The number of hydrogen-bond donors (Lipinski definition) is 2. The van der Waals surface area contributed by atoms with Crippen LogP contribution in [0.15, 0.2) is 30.4 Å². The summed E-state index contributed by atoms with van der Waals surface area (Å²) in [5, 5.41) is 6.33. The first-order valence-corrected chi connectivity index (χ1v) is 14.0. The number of fused-ring (bicyclic) bond motifs is 1. The first kappa shape index (κ1) is 26.0. The Labute approximate surface area is 220 Å². The van der Waals surface area contributed by atoms with Gasteiger partial charge in [-0.15, -0.1) is 0 Å². The van der Waals surface area contributed by atoms with Gasteiger partial charge in [0.2, 0.25) is 17.7 Å². The molecule has 1 aromatic carbocycles. The third-order valence-corrected chi connectivity index (χ3v) is 9.74. The van der Waals surface area contributed by atoms with Gasteiger partial charge in [0, 0.05) is 17.8 Å². The van der Waals surface area contributed by atoms with E-state index in [1.165, 1.54) is 6.42 Å². The SMILES string of the molecule is CC[C@H](C)N1C(=O)[C@H]2[C@H](C(=O)Nc3ccc(C)c(C)c3)[C@H]3C=C[C@@]2(O3)[C@@H]1C(=O)N[C@@H]1CCC[C@@H](C)[C@@H]1C. The Morgan fingerprint density at radius 2 is 1.92 bits per heavy atom. The molecular formula is C30H41N3O4. The van der Waals surface area contributed by atoms with E-state index in [2.05, 4.69) is 24.5 Å². The second kappa shape index (κ2) is 9.57. The standard InChI is InChI=1S/C30H41N3O4/c1-7-19(5)33-26(28(35)32-22-10-8-9-17(3)20(22)6)30-14-13-23(37-30)24(25(30)29(33)36)27(34)31-21-12-11-16(2)18(4)15-21/h11-15,17,19-20,22-26H,7-10H2,1-6H3,(H,31,34)(H,32,35)/t17-,19+,20+,22-,23-,24-,25-,26+,30+/m1/s1. The van der Waals surface area contributed by atoms with Crippen LogP contribution in [0, 0.1) is 37.5 Å². The molecular weight excluding hydrogens is 466 g/mol. The van der Waals surface area contributed by atoms with E-state index in [0.717, 1.165) is 24.0 Å². The molecule has 4 aliphatic rings. The zero-order chi connectivity index (χ0) is 26.6. The number of anilines is 1. The molecule has 0 radical (unpaired) electrons. The Hall–Kier alpha value is -2.67. The van der Waals surface area contributed by atoms with E-state index in [4.69, 9.17) is 4.74 Å². The minimum absolute atomic E-state index is 0.0760. The van der Waals surface area contributed by atoms with Gasteiger partial charge in [-0.3, -0.25) is 14.4 Å². The van der Waals surface area contributed by atoms with Crippen molar-refractivity contribution in [2.45, 2.75) is 97.1 Å². The van der Waals surface area contributed by atoms with Gasteiger partial charge in [0.1, 0.15) is 11.6 Å². The third kappa shape index (κ3) is 4.10. The summed E-state index contributed by atoms with van der Waals surface area (Å²) < 4.78 is 6.47. The third-order valence-electron chi connectivity index (χ3n) is 9.74. The Morgan fingerprint density at radius 3 is 2.62 bits per heavy atom. The fourth-order valence-corrected chi connectivity index (χ4v) is 6.97. The van der Waals surface area contributed by atoms with Gasteiger partial charge < -0.3 is 20.3 Å². The van der Waals surface area contributed by atoms with E-state index in [9.17, 15) is 14.4 Å². The fourth-order valence-electron chi connectivity index (χ4n) is 6.97. The highest BCUT2D eigenvalue weighted by Gasteiger charge is 2.73. The van der Waals surface area contributed by atoms with Crippen molar-refractivity contribution in [2.24, 2.45) is 23.7 Å². The molecule has 37 heavy (non-hydrogen) atoms. The van der Waals surface area contributed by atoms with Gasteiger partial charge in [0.15, 0.2) is 0 Å². The van der Waals surface area contributed by atoms with Crippen molar-refractivity contribution in [3.05, 3.63) is 41.5 Å². The van der Waals surface area contributed by atoms with E-state index in [1.807, 2.05) is 58.0 Å². The monoisotopic (exact) mass is 507 g/mol. The van der Waals surface area contributed by atoms with Crippen molar-refractivity contribution < 1.29 is 19.1 Å². The van der Waals surface area contributed by atoms with Crippen LogP contribution >= 0.6 is 0 Å². The maximum absolute atomic E-state index is 14.0. The lowest BCUT2D eigenvalue weighted by molar-refractivity contribution is -0.144. The van der Waals surface area contributed by atoms with Crippen molar-refractivity contribution in [1.29, 1.82) is 0 Å². The van der Waals surface area contributed by atoms with E-state index < -0.39 is 29.6 Å². The molecule has 1 saturated carbocycles. The maximum Gasteiger partial charge on any atom is 0.246 e. The van der Waals surface area contributed by atoms with Crippen LogP contribution in [0.1, 0.15) is 64.5 Å². The molecule has 5 rings (SSSR count). The lowest BCUT2D eigenvalue weighted by atomic mass is 9.73. The quantitative estimate of drug-likeness (QED) is 0.567. The van der Waals surface area contributed by atoms with Gasteiger partial charge in [0.25, 0.3) is 0 Å². The van der Waals surface area contributed by atoms with E-state index in [-0.39, 0.29) is 29.8 Å². The number of rotatable bonds is 6. The summed E-state index contributed by atoms with van der Waals surface area (Å²) in [5.74, 6) is -1.06. The lowest BCUT2D eigenvalue weighted by Gasteiger charge is -2.39. The van der Waals surface area contributed by atoms with Gasteiger partial charge >= 0.3 is 0 Å². The number of ether oxygens (including phenoxy) is 1. The van der Waals surface area contributed by atoms with Crippen LogP contribution in [0.25, 0.3) is 0 Å². The maximum atomic E-state index is 14.0. The Kier molecular flexibility index (Phi) is 6.71. The Balaban J connectivity index is 1.45. The molecule has 3 aliphatic heterocycles. The number of carbonyl (C=O) groups excluding carboxylic acids is 3. The zero-order valence-electron chi connectivity index (χ0n) is 22.9. The summed E-state index contributed by atoms with van der Waals surface area (Å²) in [6.07, 6.45) is 7.15.